The Morgan fingerprint density at radius 1 is 0.818 bits per heavy atom. The van der Waals surface area contributed by atoms with E-state index in [-0.39, 0.29) is 30.5 Å². The van der Waals surface area contributed by atoms with Gasteiger partial charge in [-0.3, -0.25) is 9.69 Å². The molecule has 0 N–H and O–H groups in total. The summed E-state index contributed by atoms with van der Waals surface area (Å²) in [5.74, 6) is -0.0152. The van der Waals surface area contributed by atoms with E-state index in [1.54, 1.807) is 4.90 Å². The molecule has 0 aliphatic carbocycles. The van der Waals surface area contributed by atoms with Crippen LogP contribution in [0.3, 0.4) is 0 Å². The Morgan fingerprint density at radius 3 is 1.88 bits per heavy atom. The fourth-order valence-electron chi connectivity index (χ4n) is 4.62. The van der Waals surface area contributed by atoms with Gasteiger partial charge in [-0.15, -0.1) is 0 Å². The van der Waals surface area contributed by atoms with Crippen molar-refractivity contribution in [1.82, 2.24) is 23.3 Å². The number of sulfone groups is 1. The maximum absolute atomic E-state index is 13.6. The second kappa shape index (κ2) is 9.96. The molecule has 1 amide bonds. The zero-order chi connectivity index (χ0) is 23.6. The highest BCUT2D eigenvalue weighted by atomic mass is 32.2. The fourth-order valence-corrected chi connectivity index (χ4v) is 7.43. The molecule has 3 aliphatic rings. The third-order valence-corrected chi connectivity index (χ3v) is 10.4. The molecule has 10 nitrogen and oxygen atoms in total. The van der Waals surface area contributed by atoms with Gasteiger partial charge in [0.25, 0.3) is 10.2 Å². The van der Waals surface area contributed by atoms with E-state index in [2.05, 4.69) is 4.90 Å². The molecule has 1 aromatic rings. The molecule has 1 aromatic carbocycles. The molecule has 3 fully saturated rings. The molecular weight excluding hydrogens is 466 g/mol. The molecule has 33 heavy (non-hydrogen) atoms. The number of amides is 1. The topological polar surface area (TPSA) is 102 Å². The van der Waals surface area contributed by atoms with Crippen LogP contribution in [0.5, 0.6) is 0 Å². The van der Waals surface area contributed by atoms with Gasteiger partial charge in [0.2, 0.25) is 5.91 Å². The molecule has 0 aromatic heterocycles. The van der Waals surface area contributed by atoms with Gasteiger partial charge in [-0.05, 0) is 12.6 Å². The molecule has 1 atom stereocenters. The highest BCUT2D eigenvalue weighted by molar-refractivity contribution is 7.91. The van der Waals surface area contributed by atoms with Gasteiger partial charge in [-0.1, -0.05) is 30.3 Å². The van der Waals surface area contributed by atoms with Crippen LogP contribution in [-0.2, 0) is 24.8 Å². The van der Waals surface area contributed by atoms with Crippen molar-refractivity contribution in [2.45, 2.75) is 6.04 Å². The van der Waals surface area contributed by atoms with E-state index in [0.717, 1.165) is 5.56 Å². The van der Waals surface area contributed by atoms with E-state index in [1.807, 2.05) is 42.3 Å². The van der Waals surface area contributed by atoms with E-state index in [0.29, 0.717) is 52.4 Å². The number of hydrogen-bond donors (Lipinski definition) is 0. The molecule has 184 valence electrons. The number of hydrogen-bond acceptors (Lipinski definition) is 7. The molecule has 0 bridgehead atoms. The van der Waals surface area contributed by atoms with Crippen LogP contribution in [0, 0.1) is 0 Å². The minimum Gasteiger partial charge on any atom is -0.338 e. The standard InChI is InChI=1S/C21H33N5O5S2/c1-22-7-11-25(12-8-22)33(30,31)26-13-9-24(10-14-26)21(27)20(19-5-3-2-4-6-19)23-15-17-32(28,29)18-16-23/h2-6,20H,7-18H2,1H3. The highest BCUT2D eigenvalue weighted by Gasteiger charge is 2.38. The summed E-state index contributed by atoms with van der Waals surface area (Å²) >= 11 is 0. The van der Waals surface area contributed by atoms with Crippen LogP contribution >= 0.6 is 0 Å². The first kappa shape index (κ1) is 24.6. The normalized spacial score (nSPS) is 25.1. The third kappa shape index (κ3) is 5.57. The van der Waals surface area contributed by atoms with Gasteiger partial charge in [0.1, 0.15) is 6.04 Å². The summed E-state index contributed by atoms with van der Waals surface area (Å²) in [6, 6.07) is 8.84. The molecule has 12 heteroatoms. The van der Waals surface area contributed by atoms with Crippen LogP contribution < -0.4 is 0 Å². The van der Waals surface area contributed by atoms with Gasteiger partial charge in [-0.25, -0.2) is 8.42 Å². The molecule has 0 spiro atoms. The van der Waals surface area contributed by atoms with Crippen molar-refractivity contribution in [2.24, 2.45) is 0 Å². The molecule has 3 saturated heterocycles. The first-order valence-electron chi connectivity index (χ1n) is 11.4. The Balaban J connectivity index is 1.44. The summed E-state index contributed by atoms with van der Waals surface area (Å²) < 4.78 is 52.9. The third-order valence-electron chi connectivity index (χ3n) is 6.76. The maximum atomic E-state index is 13.6. The van der Waals surface area contributed by atoms with Gasteiger partial charge in [0.05, 0.1) is 11.5 Å². The van der Waals surface area contributed by atoms with Gasteiger partial charge in [-0.2, -0.15) is 17.0 Å². The Labute approximate surface area is 196 Å². The lowest BCUT2D eigenvalue weighted by Crippen LogP contribution is -2.58. The number of carbonyl (C=O) groups excluding carboxylic acids is 1. The van der Waals surface area contributed by atoms with E-state index in [9.17, 15) is 21.6 Å². The van der Waals surface area contributed by atoms with Gasteiger partial charge in [0, 0.05) is 65.4 Å². The van der Waals surface area contributed by atoms with Crippen molar-refractivity contribution in [3.8, 4) is 0 Å². The monoisotopic (exact) mass is 499 g/mol. The van der Waals surface area contributed by atoms with E-state index in [4.69, 9.17) is 0 Å². The number of piperazine rings is 2. The second-order valence-corrected chi connectivity index (χ2v) is 13.2. The maximum Gasteiger partial charge on any atom is 0.282 e. The minimum atomic E-state index is -3.54. The largest absolute Gasteiger partial charge is 0.338 e. The lowest BCUT2D eigenvalue weighted by molar-refractivity contribution is -0.138. The summed E-state index contributed by atoms with van der Waals surface area (Å²) in [6.45, 7) is 4.16. The number of likely N-dealkylation sites (N-methyl/N-ethyl adjacent to an activating group) is 1. The van der Waals surface area contributed by atoms with Crippen molar-refractivity contribution >= 4 is 26.0 Å². The Hall–Kier alpha value is -1.57. The molecule has 1 unspecified atom stereocenters. The van der Waals surface area contributed by atoms with Gasteiger partial charge >= 0.3 is 0 Å². The van der Waals surface area contributed by atoms with Crippen LogP contribution in [0.15, 0.2) is 30.3 Å². The van der Waals surface area contributed by atoms with Crippen LogP contribution in [0.2, 0.25) is 0 Å². The zero-order valence-corrected chi connectivity index (χ0v) is 20.7. The van der Waals surface area contributed by atoms with Gasteiger partial charge < -0.3 is 9.80 Å². The van der Waals surface area contributed by atoms with Crippen LogP contribution in [0.25, 0.3) is 0 Å². The molecule has 3 heterocycles. The van der Waals surface area contributed by atoms with E-state index >= 15 is 0 Å². The Kier molecular flexibility index (Phi) is 7.41. The van der Waals surface area contributed by atoms with Crippen molar-refractivity contribution in [1.29, 1.82) is 0 Å². The van der Waals surface area contributed by atoms with Crippen molar-refractivity contribution < 1.29 is 21.6 Å². The highest BCUT2D eigenvalue weighted by Crippen LogP contribution is 2.26. The van der Waals surface area contributed by atoms with E-state index in [1.165, 1.54) is 8.61 Å². The first-order valence-corrected chi connectivity index (χ1v) is 14.6. The summed E-state index contributed by atoms with van der Waals surface area (Å²) in [4.78, 5) is 19.4. The minimum absolute atomic E-state index is 0.0423. The Morgan fingerprint density at radius 2 is 1.33 bits per heavy atom. The average Bonchev–Trinajstić information content (AvgIpc) is 2.81. The zero-order valence-electron chi connectivity index (χ0n) is 19.0. The number of benzene rings is 1. The Bertz CT molecular complexity index is 1020. The predicted molar refractivity (Wildman–Crippen MR) is 126 cm³/mol. The SMILES string of the molecule is CN1CCN(S(=O)(=O)N2CCN(C(=O)C(c3ccccc3)N3CCS(=O)(=O)CC3)CC2)CC1. The van der Waals surface area contributed by atoms with Crippen molar-refractivity contribution in [2.75, 3.05) is 84.0 Å². The number of rotatable bonds is 5. The average molecular weight is 500 g/mol. The fraction of sp³-hybridized carbons (Fsp3) is 0.667. The molecule has 3 aliphatic heterocycles. The molecule has 0 radical (unpaired) electrons. The summed E-state index contributed by atoms with van der Waals surface area (Å²) in [7, 11) is -4.62. The van der Waals surface area contributed by atoms with Gasteiger partial charge in [0.15, 0.2) is 9.84 Å². The lowest BCUT2D eigenvalue weighted by atomic mass is 10.0. The summed E-state index contributed by atoms with van der Waals surface area (Å²) in [6.07, 6.45) is 0. The number of nitrogens with zero attached hydrogens (tertiary/aromatic N) is 5. The smallest absolute Gasteiger partial charge is 0.282 e. The predicted octanol–water partition coefficient (Wildman–Crippen LogP) is -0.905. The summed E-state index contributed by atoms with van der Waals surface area (Å²) in [5.41, 5.74) is 0.828. The molecule has 0 saturated carbocycles. The summed E-state index contributed by atoms with van der Waals surface area (Å²) in [5, 5.41) is 0. The first-order chi connectivity index (χ1) is 15.7. The van der Waals surface area contributed by atoms with E-state index < -0.39 is 26.1 Å². The van der Waals surface area contributed by atoms with Crippen molar-refractivity contribution in [3.63, 3.8) is 0 Å². The van der Waals surface area contributed by atoms with Crippen LogP contribution in [0.1, 0.15) is 11.6 Å². The van der Waals surface area contributed by atoms with Crippen molar-refractivity contribution in [3.05, 3.63) is 35.9 Å². The lowest BCUT2D eigenvalue weighted by Gasteiger charge is -2.41. The quantitative estimate of drug-likeness (QED) is 0.517. The van der Waals surface area contributed by atoms with Crippen LogP contribution in [0.4, 0.5) is 0 Å². The molecular formula is C21H33N5O5S2. The van der Waals surface area contributed by atoms with Crippen LogP contribution in [-0.4, -0.2) is 130 Å². The second-order valence-electron chi connectivity index (χ2n) is 8.94. The number of carbonyl (C=O) groups is 1. The molecule has 4 rings (SSSR count).